The monoisotopic (exact) mass is 360 g/mol. The Balaban J connectivity index is 2.87. The molecule has 3 nitrogen and oxygen atoms in total. The first-order chi connectivity index (χ1) is 7.79. The molecule has 0 amide bonds. The second-order valence-corrected chi connectivity index (χ2v) is 4.25. The Kier molecular flexibility index (Phi) is 4.61. The van der Waals surface area contributed by atoms with Crippen LogP contribution in [-0.2, 0) is 11.2 Å². The van der Waals surface area contributed by atoms with Crippen molar-refractivity contribution in [3.63, 3.8) is 0 Å². The molecule has 0 aromatic heterocycles. The second-order valence-electron chi connectivity index (χ2n) is 3.17. The summed E-state index contributed by atoms with van der Waals surface area (Å²) < 4.78 is 40.2. The molecule has 0 aliphatic heterocycles. The summed E-state index contributed by atoms with van der Waals surface area (Å²) in [7, 11) is 0. The van der Waals surface area contributed by atoms with Crippen LogP contribution in [-0.4, -0.2) is 17.4 Å². The van der Waals surface area contributed by atoms with E-state index < -0.39 is 12.3 Å². The first-order valence-corrected chi connectivity index (χ1v) is 5.62. The van der Waals surface area contributed by atoms with Gasteiger partial charge in [0.2, 0.25) is 0 Å². The fourth-order valence-corrected chi connectivity index (χ4v) is 1.93. The minimum absolute atomic E-state index is 0.133. The van der Waals surface area contributed by atoms with E-state index >= 15 is 0 Å². The number of hydrogen-bond acceptors (Lipinski definition) is 2. The van der Waals surface area contributed by atoms with E-state index in [-0.39, 0.29) is 22.2 Å². The fourth-order valence-electron chi connectivity index (χ4n) is 1.19. The van der Waals surface area contributed by atoms with Crippen LogP contribution in [0.15, 0.2) is 18.2 Å². The molecule has 0 radical (unpaired) electrons. The number of rotatable bonds is 4. The van der Waals surface area contributed by atoms with Crippen molar-refractivity contribution in [2.45, 2.75) is 19.2 Å². The van der Waals surface area contributed by atoms with E-state index in [1.54, 1.807) is 28.7 Å². The van der Waals surface area contributed by atoms with E-state index in [4.69, 9.17) is 5.11 Å². The molecule has 0 atom stereocenters. The van der Waals surface area contributed by atoms with Crippen LogP contribution >= 0.6 is 22.6 Å². The average Bonchev–Trinajstić information content (AvgIpc) is 2.17. The number of hydrogen-bond donors (Lipinski definition) is 1. The van der Waals surface area contributed by atoms with Gasteiger partial charge in [-0.3, -0.25) is 4.79 Å². The number of alkyl halides is 3. The normalized spacial score (nSPS) is 11.3. The molecular weight excluding hydrogens is 352 g/mol. The summed E-state index contributed by atoms with van der Waals surface area (Å²) in [5.41, 5.74) is 0.523. The molecule has 0 heterocycles. The van der Waals surface area contributed by atoms with Gasteiger partial charge in [0.1, 0.15) is 5.75 Å². The maximum atomic E-state index is 12.0. The zero-order valence-electron chi connectivity index (χ0n) is 8.42. The number of carboxylic acids is 1. The van der Waals surface area contributed by atoms with E-state index in [1.165, 1.54) is 12.1 Å². The molecule has 0 unspecified atom stereocenters. The lowest BCUT2D eigenvalue weighted by molar-refractivity contribution is -0.275. The minimum atomic E-state index is -4.74. The fraction of sp³-hybridized carbons (Fsp3) is 0.300. The molecule has 0 fully saturated rings. The predicted octanol–water partition coefficient (Wildman–Crippen LogP) is 3.21. The number of carbonyl (C=O) groups is 1. The predicted molar refractivity (Wildman–Crippen MR) is 61.8 cm³/mol. The van der Waals surface area contributed by atoms with Crippen LogP contribution in [0.1, 0.15) is 12.0 Å². The molecule has 94 valence electrons. The minimum Gasteiger partial charge on any atom is -0.481 e. The Morgan fingerprint density at radius 2 is 2.06 bits per heavy atom. The third-order valence-electron chi connectivity index (χ3n) is 1.88. The molecule has 0 saturated carbocycles. The molecule has 0 saturated heterocycles. The summed E-state index contributed by atoms with van der Waals surface area (Å²) >= 11 is 1.71. The van der Waals surface area contributed by atoms with Crippen molar-refractivity contribution in [1.82, 2.24) is 0 Å². The lowest BCUT2D eigenvalue weighted by atomic mass is 10.1. The Hall–Kier alpha value is -0.990. The average molecular weight is 360 g/mol. The van der Waals surface area contributed by atoms with Crippen LogP contribution < -0.4 is 4.74 Å². The highest BCUT2D eigenvalue weighted by Crippen LogP contribution is 2.30. The van der Waals surface area contributed by atoms with E-state index in [9.17, 15) is 18.0 Å². The first-order valence-electron chi connectivity index (χ1n) is 4.54. The van der Waals surface area contributed by atoms with Gasteiger partial charge in [-0.15, -0.1) is 13.2 Å². The van der Waals surface area contributed by atoms with Crippen LogP contribution in [0.25, 0.3) is 0 Å². The van der Waals surface area contributed by atoms with Crippen molar-refractivity contribution in [3.8, 4) is 5.75 Å². The van der Waals surface area contributed by atoms with Crippen molar-refractivity contribution in [1.29, 1.82) is 0 Å². The maximum absolute atomic E-state index is 12.0. The molecule has 7 heteroatoms. The Labute approximate surface area is 109 Å². The molecule has 1 N–H and O–H groups in total. The number of aryl methyl sites for hydroxylation is 1. The van der Waals surface area contributed by atoms with Crippen molar-refractivity contribution in [3.05, 3.63) is 27.3 Å². The standard InChI is InChI=1S/C10H8F3IO3/c11-10(12,13)17-7-3-1-2-6(9(7)14)4-5-8(15)16/h1-3H,4-5H2,(H,15,16). The lowest BCUT2D eigenvalue weighted by Gasteiger charge is -2.12. The Bertz CT molecular complexity index is 418. The molecule has 0 aliphatic rings. The van der Waals surface area contributed by atoms with Gasteiger partial charge in [0.15, 0.2) is 0 Å². The number of benzene rings is 1. The Morgan fingerprint density at radius 1 is 1.41 bits per heavy atom. The molecular formula is C10H8F3IO3. The van der Waals surface area contributed by atoms with Gasteiger partial charge >= 0.3 is 12.3 Å². The summed E-state index contributed by atoms with van der Waals surface area (Å²) in [5, 5.41) is 8.51. The maximum Gasteiger partial charge on any atom is 0.573 e. The molecule has 1 aromatic rings. The quantitative estimate of drug-likeness (QED) is 0.839. The summed E-state index contributed by atoms with van der Waals surface area (Å²) in [4.78, 5) is 10.4. The highest BCUT2D eigenvalue weighted by molar-refractivity contribution is 14.1. The molecule has 1 rings (SSSR count). The van der Waals surface area contributed by atoms with Crippen LogP contribution in [0.4, 0.5) is 13.2 Å². The van der Waals surface area contributed by atoms with Gasteiger partial charge in [0.25, 0.3) is 0 Å². The van der Waals surface area contributed by atoms with Gasteiger partial charge in [-0.1, -0.05) is 12.1 Å². The third kappa shape index (κ3) is 4.80. The van der Waals surface area contributed by atoms with Gasteiger partial charge < -0.3 is 9.84 Å². The zero-order valence-corrected chi connectivity index (χ0v) is 10.6. The van der Waals surface area contributed by atoms with Gasteiger partial charge in [0, 0.05) is 6.42 Å². The number of halogens is 4. The largest absolute Gasteiger partial charge is 0.573 e. The smallest absolute Gasteiger partial charge is 0.481 e. The highest BCUT2D eigenvalue weighted by atomic mass is 127. The lowest BCUT2D eigenvalue weighted by Crippen LogP contribution is -2.18. The van der Waals surface area contributed by atoms with Crippen molar-refractivity contribution >= 4 is 28.6 Å². The van der Waals surface area contributed by atoms with Gasteiger partial charge in [-0.2, -0.15) is 0 Å². The van der Waals surface area contributed by atoms with Crippen LogP contribution in [0.2, 0.25) is 0 Å². The summed E-state index contributed by atoms with van der Waals surface area (Å²) in [5.74, 6) is -1.30. The summed E-state index contributed by atoms with van der Waals surface area (Å²) in [6, 6.07) is 4.17. The third-order valence-corrected chi connectivity index (χ3v) is 3.10. The number of carboxylic acid groups (broad SMARTS) is 1. The van der Waals surface area contributed by atoms with E-state index in [2.05, 4.69) is 4.74 Å². The van der Waals surface area contributed by atoms with Crippen LogP contribution in [0.5, 0.6) is 5.75 Å². The molecule has 0 spiro atoms. The Morgan fingerprint density at radius 3 is 2.59 bits per heavy atom. The van der Waals surface area contributed by atoms with Crippen molar-refractivity contribution < 1.29 is 27.8 Å². The molecule has 0 aliphatic carbocycles. The van der Waals surface area contributed by atoms with E-state index in [0.29, 0.717) is 5.56 Å². The number of ether oxygens (including phenoxy) is 1. The topological polar surface area (TPSA) is 46.5 Å². The second kappa shape index (κ2) is 5.56. The van der Waals surface area contributed by atoms with E-state index in [0.717, 1.165) is 0 Å². The van der Waals surface area contributed by atoms with Gasteiger partial charge in [-0.05, 0) is 40.6 Å². The van der Waals surface area contributed by atoms with Crippen LogP contribution in [0.3, 0.4) is 0 Å². The van der Waals surface area contributed by atoms with Gasteiger partial charge in [-0.25, -0.2) is 0 Å². The summed E-state index contributed by atoms with van der Waals surface area (Å²) in [6.45, 7) is 0. The molecule has 0 bridgehead atoms. The summed E-state index contributed by atoms with van der Waals surface area (Å²) in [6.07, 6.45) is -4.71. The SMILES string of the molecule is O=C(O)CCc1cccc(OC(F)(F)F)c1I. The highest BCUT2D eigenvalue weighted by Gasteiger charge is 2.32. The zero-order chi connectivity index (χ0) is 13.1. The van der Waals surface area contributed by atoms with Crippen molar-refractivity contribution in [2.75, 3.05) is 0 Å². The van der Waals surface area contributed by atoms with Crippen molar-refractivity contribution in [2.24, 2.45) is 0 Å². The first kappa shape index (κ1) is 14.1. The van der Waals surface area contributed by atoms with Crippen LogP contribution in [0, 0.1) is 3.57 Å². The van der Waals surface area contributed by atoms with Gasteiger partial charge in [0.05, 0.1) is 3.57 Å². The molecule has 1 aromatic carbocycles. The number of aliphatic carboxylic acids is 1. The molecule has 17 heavy (non-hydrogen) atoms. The van der Waals surface area contributed by atoms with E-state index in [1.807, 2.05) is 0 Å².